The molecule has 2 amide bonds. The number of nitrogens with zero attached hydrogens (tertiary/aromatic N) is 1. The molecule has 6 heteroatoms. The maximum atomic E-state index is 12.2. The Hall–Kier alpha value is -2.47. The molecule has 0 aromatic heterocycles. The summed E-state index contributed by atoms with van der Waals surface area (Å²) in [5, 5.41) is 2.92. The van der Waals surface area contributed by atoms with Gasteiger partial charge >= 0.3 is 0 Å². The highest BCUT2D eigenvalue weighted by molar-refractivity contribution is 8.00. The Morgan fingerprint density at radius 1 is 1.24 bits per heavy atom. The summed E-state index contributed by atoms with van der Waals surface area (Å²) in [6.45, 7) is 2.27. The zero-order chi connectivity index (χ0) is 17.8. The largest absolute Gasteiger partial charge is 0.497 e. The van der Waals surface area contributed by atoms with E-state index in [-0.39, 0.29) is 11.8 Å². The summed E-state index contributed by atoms with van der Waals surface area (Å²) in [5.74, 6) is 1.09. The maximum absolute atomic E-state index is 12.2. The third kappa shape index (κ3) is 4.14. The van der Waals surface area contributed by atoms with Crippen LogP contribution in [0.3, 0.4) is 0 Å². The molecule has 3 rings (SSSR count). The summed E-state index contributed by atoms with van der Waals surface area (Å²) < 4.78 is 5.18. The highest BCUT2D eigenvalue weighted by Crippen LogP contribution is 2.30. The first-order valence-electron chi connectivity index (χ1n) is 8.04. The van der Waals surface area contributed by atoms with Gasteiger partial charge in [-0.1, -0.05) is 6.07 Å². The van der Waals surface area contributed by atoms with Crippen LogP contribution in [0.4, 0.5) is 11.4 Å². The van der Waals surface area contributed by atoms with Gasteiger partial charge in [0.05, 0.1) is 12.9 Å². The quantitative estimate of drug-likeness (QED) is 0.835. The molecule has 1 aliphatic rings. The standard InChI is InChI=1S/C19H20N2O3S/c1-13(22)21-9-8-14-10-15(6-7-18(14)21)20-19(23)12-25-17-5-3-4-16(11-17)24-2/h3-7,10-11H,8-9,12H2,1-2H3,(H,20,23). The summed E-state index contributed by atoms with van der Waals surface area (Å²) in [4.78, 5) is 26.5. The number of anilines is 2. The number of amides is 2. The van der Waals surface area contributed by atoms with E-state index < -0.39 is 0 Å². The van der Waals surface area contributed by atoms with Crippen LogP contribution in [0.15, 0.2) is 47.4 Å². The van der Waals surface area contributed by atoms with Crippen molar-refractivity contribution in [2.24, 2.45) is 0 Å². The lowest BCUT2D eigenvalue weighted by Crippen LogP contribution is -2.25. The molecule has 0 unspecified atom stereocenters. The molecular weight excluding hydrogens is 336 g/mol. The van der Waals surface area contributed by atoms with Gasteiger partial charge in [0.25, 0.3) is 0 Å². The zero-order valence-electron chi connectivity index (χ0n) is 14.2. The van der Waals surface area contributed by atoms with Crippen molar-refractivity contribution >= 4 is 35.0 Å². The van der Waals surface area contributed by atoms with Crippen LogP contribution in [0.25, 0.3) is 0 Å². The van der Waals surface area contributed by atoms with Gasteiger partial charge < -0.3 is 15.0 Å². The van der Waals surface area contributed by atoms with E-state index in [4.69, 9.17) is 4.74 Å². The zero-order valence-corrected chi connectivity index (χ0v) is 15.1. The van der Waals surface area contributed by atoms with Gasteiger partial charge in [-0.3, -0.25) is 9.59 Å². The number of benzene rings is 2. The molecule has 1 N–H and O–H groups in total. The van der Waals surface area contributed by atoms with Crippen molar-refractivity contribution in [3.05, 3.63) is 48.0 Å². The van der Waals surface area contributed by atoms with Crippen LogP contribution >= 0.6 is 11.8 Å². The first kappa shape index (κ1) is 17.4. The van der Waals surface area contributed by atoms with Crippen molar-refractivity contribution in [1.29, 1.82) is 0 Å². The third-order valence-electron chi connectivity index (χ3n) is 4.05. The Morgan fingerprint density at radius 2 is 2.08 bits per heavy atom. The van der Waals surface area contributed by atoms with Crippen LogP contribution in [-0.2, 0) is 16.0 Å². The predicted octanol–water partition coefficient (Wildman–Crippen LogP) is 3.34. The van der Waals surface area contributed by atoms with Crippen molar-refractivity contribution in [3.8, 4) is 5.75 Å². The van der Waals surface area contributed by atoms with E-state index in [1.165, 1.54) is 11.8 Å². The average Bonchev–Trinajstić information content (AvgIpc) is 3.03. The average molecular weight is 356 g/mol. The third-order valence-corrected chi connectivity index (χ3v) is 5.04. The monoisotopic (exact) mass is 356 g/mol. The van der Waals surface area contributed by atoms with E-state index in [0.717, 1.165) is 34.0 Å². The fourth-order valence-corrected chi connectivity index (χ4v) is 3.59. The van der Waals surface area contributed by atoms with Crippen LogP contribution in [0.1, 0.15) is 12.5 Å². The molecular formula is C19H20N2O3S. The fourth-order valence-electron chi connectivity index (χ4n) is 2.84. The van der Waals surface area contributed by atoms with Gasteiger partial charge in [-0.05, 0) is 48.4 Å². The molecule has 1 aliphatic heterocycles. The molecule has 0 aliphatic carbocycles. The molecule has 0 atom stereocenters. The molecule has 0 saturated heterocycles. The van der Waals surface area contributed by atoms with Gasteiger partial charge in [0.2, 0.25) is 11.8 Å². The van der Waals surface area contributed by atoms with Crippen LogP contribution in [0.2, 0.25) is 0 Å². The van der Waals surface area contributed by atoms with E-state index >= 15 is 0 Å². The topological polar surface area (TPSA) is 58.6 Å². The molecule has 25 heavy (non-hydrogen) atoms. The summed E-state index contributed by atoms with van der Waals surface area (Å²) in [6, 6.07) is 13.3. The van der Waals surface area contributed by atoms with Gasteiger partial charge in [0, 0.05) is 29.7 Å². The van der Waals surface area contributed by atoms with Gasteiger partial charge in [0.1, 0.15) is 5.75 Å². The second-order valence-corrected chi connectivity index (χ2v) is 6.83. The number of ether oxygens (including phenoxy) is 1. The van der Waals surface area contributed by atoms with E-state index in [9.17, 15) is 9.59 Å². The molecule has 2 aromatic rings. The molecule has 0 bridgehead atoms. The van der Waals surface area contributed by atoms with E-state index in [1.54, 1.807) is 18.9 Å². The number of carbonyl (C=O) groups is 2. The Labute approximate surface area is 151 Å². The molecule has 5 nitrogen and oxygen atoms in total. The molecule has 0 fully saturated rings. The maximum Gasteiger partial charge on any atom is 0.234 e. The summed E-state index contributed by atoms with van der Waals surface area (Å²) in [5.41, 5.74) is 2.80. The highest BCUT2D eigenvalue weighted by atomic mass is 32.2. The van der Waals surface area contributed by atoms with Crippen LogP contribution in [0, 0.1) is 0 Å². The normalized spacial score (nSPS) is 12.6. The van der Waals surface area contributed by atoms with Crippen LogP contribution < -0.4 is 15.0 Å². The molecule has 1 heterocycles. The summed E-state index contributed by atoms with van der Waals surface area (Å²) in [7, 11) is 1.62. The Kier molecular flexibility index (Phi) is 5.28. The van der Waals surface area contributed by atoms with Gasteiger partial charge in [0.15, 0.2) is 0 Å². The number of nitrogens with one attached hydrogen (secondary N) is 1. The first-order valence-corrected chi connectivity index (χ1v) is 9.03. The van der Waals surface area contributed by atoms with Crippen LogP contribution in [-0.4, -0.2) is 31.2 Å². The van der Waals surface area contributed by atoms with Crippen molar-refractivity contribution in [2.45, 2.75) is 18.2 Å². The Bertz CT molecular complexity index is 807. The molecule has 0 spiro atoms. The number of hydrogen-bond donors (Lipinski definition) is 1. The van der Waals surface area contributed by atoms with Crippen molar-refractivity contribution in [3.63, 3.8) is 0 Å². The molecule has 0 saturated carbocycles. The molecule has 0 radical (unpaired) electrons. The van der Waals surface area contributed by atoms with E-state index in [0.29, 0.717) is 12.3 Å². The lowest BCUT2D eigenvalue weighted by Gasteiger charge is -2.15. The highest BCUT2D eigenvalue weighted by Gasteiger charge is 2.22. The molecule has 2 aromatic carbocycles. The van der Waals surface area contributed by atoms with Crippen LogP contribution in [0.5, 0.6) is 5.75 Å². The number of thioether (sulfide) groups is 1. The van der Waals surface area contributed by atoms with E-state index in [2.05, 4.69) is 5.32 Å². The van der Waals surface area contributed by atoms with Gasteiger partial charge in [-0.2, -0.15) is 0 Å². The van der Waals surface area contributed by atoms with E-state index in [1.807, 2.05) is 42.5 Å². The van der Waals surface area contributed by atoms with Crippen molar-refractivity contribution in [2.75, 3.05) is 29.6 Å². The minimum absolute atomic E-state index is 0.0465. The lowest BCUT2D eigenvalue weighted by atomic mass is 10.1. The van der Waals surface area contributed by atoms with Crippen molar-refractivity contribution < 1.29 is 14.3 Å². The number of methoxy groups -OCH3 is 1. The van der Waals surface area contributed by atoms with Gasteiger partial charge in [-0.15, -0.1) is 11.8 Å². The molecule has 130 valence electrons. The summed E-state index contributed by atoms with van der Waals surface area (Å²) in [6.07, 6.45) is 0.817. The number of carbonyl (C=O) groups excluding carboxylic acids is 2. The lowest BCUT2D eigenvalue weighted by molar-refractivity contribution is -0.116. The summed E-state index contributed by atoms with van der Waals surface area (Å²) >= 11 is 1.46. The van der Waals surface area contributed by atoms with Gasteiger partial charge in [-0.25, -0.2) is 0 Å². The predicted molar refractivity (Wildman–Crippen MR) is 101 cm³/mol. The minimum Gasteiger partial charge on any atom is -0.497 e. The second kappa shape index (κ2) is 7.61. The number of hydrogen-bond acceptors (Lipinski definition) is 4. The smallest absolute Gasteiger partial charge is 0.234 e. The Balaban J connectivity index is 1.59. The SMILES string of the molecule is COc1cccc(SCC(=O)Nc2ccc3c(c2)CCN3C(C)=O)c1. The minimum atomic E-state index is -0.0609. The Morgan fingerprint density at radius 3 is 2.84 bits per heavy atom. The number of rotatable bonds is 5. The van der Waals surface area contributed by atoms with Crippen molar-refractivity contribution in [1.82, 2.24) is 0 Å². The first-order chi connectivity index (χ1) is 12.1. The number of fused-ring (bicyclic) bond motifs is 1. The second-order valence-electron chi connectivity index (χ2n) is 5.78. The fraction of sp³-hybridized carbons (Fsp3) is 0.263.